The Morgan fingerprint density at radius 1 is 1.05 bits per heavy atom. The summed E-state index contributed by atoms with van der Waals surface area (Å²) in [6.45, 7) is 6.81. The summed E-state index contributed by atoms with van der Waals surface area (Å²) in [6, 6.07) is 8.95. The monoisotopic (exact) mass is 574 g/mol. The molecule has 8 heteroatoms. The lowest BCUT2D eigenvalue weighted by atomic mass is 9.43. The average molecular weight is 575 g/mol. The SMILES string of the molecule is C[C@H](CCC(=O)N(CCS(=O)(=O)[O-])c1ccccc1)[C@H]1CC[C@H]2[C@@H]3CC[C@@H]4C[C@H](O)CC[C@]4(C)[C@H]3C[C@H](O)[C@]12C. The predicted octanol–water partition coefficient (Wildman–Crippen LogP) is 4.97. The molecule has 5 rings (SSSR count). The molecule has 4 aliphatic carbocycles. The summed E-state index contributed by atoms with van der Waals surface area (Å²) in [7, 11) is -4.44. The highest BCUT2D eigenvalue weighted by Gasteiger charge is 2.63. The molecule has 0 aromatic heterocycles. The quantitative estimate of drug-likeness (QED) is 0.423. The number of para-hydroxylation sites is 1. The largest absolute Gasteiger partial charge is 0.748 e. The minimum absolute atomic E-state index is 0.148. The van der Waals surface area contributed by atoms with Gasteiger partial charge in [0.05, 0.1) is 28.1 Å². The van der Waals surface area contributed by atoms with E-state index in [0.717, 1.165) is 38.5 Å². The molecule has 4 fully saturated rings. The van der Waals surface area contributed by atoms with Crippen LogP contribution in [0.5, 0.6) is 0 Å². The number of rotatable bonds is 8. The Labute approximate surface area is 240 Å². The Morgan fingerprint density at radius 3 is 2.48 bits per heavy atom. The first-order valence-electron chi connectivity index (χ1n) is 15.5. The van der Waals surface area contributed by atoms with Gasteiger partial charge < -0.3 is 19.7 Å². The number of fused-ring (bicyclic) bond motifs is 5. The third-order valence-corrected chi connectivity index (χ3v) is 12.9. The van der Waals surface area contributed by atoms with E-state index < -0.39 is 15.9 Å². The van der Waals surface area contributed by atoms with Gasteiger partial charge in [0, 0.05) is 18.7 Å². The maximum Gasteiger partial charge on any atom is 0.227 e. The van der Waals surface area contributed by atoms with Crippen LogP contribution in [0.25, 0.3) is 0 Å². The van der Waals surface area contributed by atoms with Crippen LogP contribution in [0.1, 0.15) is 85.0 Å². The van der Waals surface area contributed by atoms with Gasteiger partial charge in [0.25, 0.3) is 0 Å². The molecule has 0 radical (unpaired) electrons. The third kappa shape index (κ3) is 5.50. The standard InChI is InChI=1S/C32H49NO6S/c1-21(9-14-30(36)33(17-18-40(37,38)39)23-7-5-4-6-8-23)26-12-13-27-25-11-10-22-19-24(34)15-16-31(22,2)28(25)20-29(35)32(26,27)3/h4-8,21-22,24-29,34-35H,9-20H2,1-3H3,(H,37,38,39)/p-1/t21-,22-,24-,25+,26-,27+,28+,29+,31+,32-/m1/s1. The van der Waals surface area contributed by atoms with Gasteiger partial charge in [-0.25, -0.2) is 8.42 Å². The van der Waals surface area contributed by atoms with Crippen molar-refractivity contribution >= 4 is 21.7 Å². The molecule has 2 N–H and O–H groups in total. The molecule has 224 valence electrons. The molecule has 0 saturated heterocycles. The van der Waals surface area contributed by atoms with Crippen LogP contribution in [-0.4, -0.2) is 53.6 Å². The number of hydrogen-bond donors (Lipinski definition) is 2. The average Bonchev–Trinajstić information content (AvgIpc) is 3.27. The Balaban J connectivity index is 1.27. The lowest BCUT2D eigenvalue weighted by molar-refractivity contribution is -0.174. The fourth-order valence-electron chi connectivity index (χ4n) is 10.1. The second-order valence-electron chi connectivity index (χ2n) is 14.0. The zero-order valence-corrected chi connectivity index (χ0v) is 25.2. The van der Waals surface area contributed by atoms with Crippen molar-refractivity contribution in [2.24, 2.45) is 46.3 Å². The number of nitrogens with zero attached hydrogens (tertiary/aromatic N) is 1. The van der Waals surface area contributed by atoms with E-state index in [4.69, 9.17) is 0 Å². The van der Waals surface area contributed by atoms with Crippen molar-refractivity contribution in [1.29, 1.82) is 0 Å². The summed E-state index contributed by atoms with van der Waals surface area (Å²) in [4.78, 5) is 14.8. The Hall–Kier alpha value is -1.48. The van der Waals surface area contributed by atoms with E-state index in [1.165, 1.54) is 17.7 Å². The van der Waals surface area contributed by atoms with Crippen LogP contribution in [0.4, 0.5) is 5.69 Å². The van der Waals surface area contributed by atoms with E-state index in [1.54, 1.807) is 24.3 Å². The molecular weight excluding hydrogens is 526 g/mol. The van der Waals surface area contributed by atoms with Crippen LogP contribution >= 0.6 is 0 Å². The second-order valence-corrected chi connectivity index (χ2v) is 15.6. The number of aliphatic hydroxyl groups is 2. The van der Waals surface area contributed by atoms with Gasteiger partial charge in [-0.1, -0.05) is 39.0 Å². The van der Waals surface area contributed by atoms with Crippen molar-refractivity contribution in [3.05, 3.63) is 30.3 Å². The number of carbonyl (C=O) groups is 1. The Kier molecular flexibility index (Phi) is 8.48. The molecule has 0 heterocycles. The van der Waals surface area contributed by atoms with Crippen molar-refractivity contribution in [3.8, 4) is 0 Å². The maximum absolute atomic E-state index is 13.3. The topological polar surface area (TPSA) is 118 Å². The van der Waals surface area contributed by atoms with Crippen molar-refractivity contribution < 1.29 is 28.0 Å². The molecule has 7 nitrogen and oxygen atoms in total. The zero-order valence-electron chi connectivity index (χ0n) is 24.4. The lowest BCUT2D eigenvalue weighted by Gasteiger charge is -2.62. The smallest absolute Gasteiger partial charge is 0.227 e. The minimum Gasteiger partial charge on any atom is -0.748 e. The molecule has 1 amide bonds. The van der Waals surface area contributed by atoms with Gasteiger partial charge in [-0.2, -0.15) is 0 Å². The van der Waals surface area contributed by atoms with E-state index in [-0.39, 0.29) is 47.8 Å². The van der Waals surface area contributed by atoms with Crippen molar-refractivity contribution in [2.45, 2.75) is 97.2 Å². The molecule has 4 saturated carbocycles. The lowest BCUT2D eigenvalue weighted by Crippen LogP contribution is -2.58. The molecule has 4 aliphatic rings. The van der Waals surface area contributed by atoms with E-state index in [0.29, 0.717) is 41.7 Å². The van der Waals surface area contributed by atoms with Crippen molar-refractivity contribution in [1.82, 2.24) is 0 Å². The number of amides is 1. The van der Waals surface area contributed by atoms with Crippen molar-refractivity contribution in [3.63, 3.8) is 0 Å². The Bertz CT molecular complexity index is 1160. The van der Waals surface area contributed by atoms with Crippen LogP contribution < -0.4 is 4.90 Å². The first-order valence-corrected chi connectivity index (χ1v) is 17.1. The van der Waals surface area contributed by atoms with Gasteiger partial charge >= 0.3 is 0 Å². The van der Waals surface area contributed by atoms with E-state index in [2.05, 4.69) is 20.8 Å². The van der Waals surface area contributed by atoms with E-state index >= 15 is 0 Å². The number of hydrogen-bond acceptors (Lipinski definition) is 6. The molecule has 1 aromatic rings. The molecule has 40 heavy (non-hydrogen) atoms. The summed E-state index contributed by atoms with van der Waals surface area (Å²) in [5.41, 5.74) is 0.639. The normalized spacial score (nSPS) is 40.0. The summed E-state index contributed by atoms with van der Waals surface area (Å²) in [6.07, 6.45) is 8.65. The first-order chi connectivity index (χ1) is 18.8. The van der Waals surface area contributed by atoms with Gasteiger partial charge in [0.2, 0.25) is 5.91 Å². The fourth-order valence-corrected chi connectivity index (χ4v) is 10.5. The zero-order chi connectivity index (χ0) is 28.9. The summed E-state index contributed by atoms with van der Waals surface area (Å²) >= 11 is 0. The maximum atomic E-state index is 13.3. The first kappa shape index (κ1) is 30.0. The van der Waals surface area contributed by atoms with Crippen molar-refractivity contribution in [2.75, 3.05) is 17.2 Å². The van der Waals surface area contributed by atoms with Crippen LogP contribution in [-0.2, 0) is 14.9 Å². The Morgan fingerprint density at radius 2 is 1.77 bits per heavy atom. The van der Waals surface area contributed by atoms with Gasteiger partial charge in [-0.3, -0.25) is 4.79 Å². The minimum atomic E-state index is -4.44. The molecule has 0 bridgehead atoms. The predicted molar refractivity (Wildman–Crippen MR) is 154 cm³/mol. The van der Waals surface area contributed by atoms with Gasteiger partial charge in [0.1, 0.15) is 0 Å². The molecule has 1 aromatic carbocycles. The van der Waals surface area contributed by atoms with Gasteiger partial charge in [0.15, 0.2) is 0 Å². The highest BCUT2D eigenvalue weighted by atomic mass is 32.2. The van der Waals surface area contributed by atoms with Gasteiger partial charge in [-0.05, 0) is 116 Å². The van der Waals surface area contributed by atoms with Crippen LogP contribution in [0.3, 0.4) is 0 Å². The molecular formula is C32H48NO6S-. The summed E-state index contributed by atoms with van der Waals surface area (Å²) < 4.78 is 33.9. The van der Waals surface area contributed by atoms with Crippen LogP contribution in [0.2, 0.25) is 0 Å². The van der Waals surface area contributed by atoms with Crippen LogP contribution in [0.15, 0.2) is 30.3 Å². The van der Waals surface area contributed by atoms with E-state index in [9.17, 15) is 28.0 Å². The molecule has 10 atom stereocenters. The van der Waals surface area contributed by atoms with Crippen LogP contribution in [0, 0.1) is 46.3 Å². The van der Waals surface area contributed by atoms with E-state index in [1.807, 2.05) is 6.07 Å². The summed E-state index contributed by atoms with van der Waals surface area (Å²) in [5, 5.41) is 22.1. The highest BCUT2D eigenvalue weighted by Crippen LogP contribution is 2.68. The number of aliphatic hydroxyl groups excluding tert-OH is 2. The third-order valence-electron chi connectivity index (χ3n) is 12.3. The highest BCUT2D eigenvalue weighted by molar-refractivity contribution is 7.85. The van der Waals surface area contributed by atoms with Gasteiger partial charge in [-0.15, -0.1) is 0 Å². The molecule has 0 spiro atoms. The summed E-state index contributed by atoms with van der Waals surface area (Å²) in [5.74, 6) is 1.95. The number of carbonyl (C=O) groups excluding carboxylic acids is 1. The second kappa shape index (κ2) is 11.3. The fraction of sp³-hybridized carbons (Fsp3) is 0.781. The molecule has 0 unspecified atom stereocenters. The number of anilines is 1. The molecule has 0 aliphatic heterocycles. The number of benzene rings is 1.